The van der Waals surface area contributed by atoms with E-state index in [9.17, 15) is 0 Å². The van der Waals surface area contributed by atoms with Crippen molar-refractivity contribution in [1.82, 2.24) is 5.32 Å². The Balaban J connectivity index is 2.40. The van der Waals surface area contributed by atoms with Crippen LogP contribution < -0.4 is 10.2 Å². The number of rotatable bonds is 1. The van der Waals surface area contributed by atoms with Crippen molar-refractivity contribution in [3.63, 3.8) is 0 Å². The Morgan fingerprint density at radius 3 is 3.14 bits per heavy atom. The number of halogens is 1. The van der Waals surface area contributed by atoms with Crippen molar-refractivity contribution < 1.29 is 0 Å². The van der Waals surface area contributed by atoms with Crippen LogP contribution in [0.1, 0.15) is 12.5 Å². The van der Waals surface area contributed by atoms with Crippen molar-refractivity contribution in [2.24, 2.45) is 0 Å². The van der Waals surface area contributed by atoms with E-state index < -0.39 is 0 Å². The van der Waals surface area contributed by atoms with E-state index in [2.05, 4.69) is 29.3 Å². The third-order valence-electron chi connectivity index (χ3n) is 2.64. The van der Waals surface area contributed by atoms with Crippen LogP contribution in [0.2, 0.25) is 5.02 Å². The zero-order valence-corrected chi connectivity index (χ0v) is 9.14. The first kappa shape index (κ1) is 9.81. The molecule has 2 nitrogen and oxygen atoms in total. The lowest BCUT2D eigenvalue weighted by Gasteiger charge is -2.22. The van der Waals surface area contributed by atoms with Crippen LogP contribution in [-0.2, 0) is 6.54 Å². The highest BCUT2D eigenvalue weighted by Gasteiger charge is 2.13. The molecule has 0 saturated carbocycles. The highest BCUT2D eigenvalue weighted by Crippen LogP contribution is 2.25. The van der Waals surface area contributed by atoms with E-state index in [1.165, 1.54) is 11.3 Å². The fourth-order valence-electron chi connectivity index (χ4n) is 1.87. The summed E-state index contributed by atoms with van der Waals surface area (Å²) in [5.74, 6) is 0. The van der Waals surface area contributed by atoms with Gasteiger partial charge in [0.2, 0.25) is 0 Å². The van der Waals surface area contributed by atoms with E-state index in [1.54, 1.807) is 0 Å². The number of nitrogens with zero attached hydrogens (tertiary/aromatic N) is 1. The van der Waals surface area contributed by atoms with Gasteiger partial charge in [0, 0.05) is 36.9 Å². The van der Waals surface area contributed by atoms with Gasteiger partial charge in [-0.25, -0.2) is 0 Å². The minimum absolute atomic E-state index is 0.823. The highest BCUT2D eigenvalue weighted by atomic mass is 35.5. The van der Waals surface area contributed by atoms with Gasteiger partial charge < -0.3 is 10.2 Å². The Labute approximate surface area is 89.9 Å². The number of likely N-dealkylation sites (N-methyl/N-ethyl adjacent to an activating group) is 1. The number of fused-ring (bicyclic) bond motifs is 1. The van der Waals surface area contributed by atoms with Gasteiger partial charge in [-0.2, -0.15) is 0 Å². The third-order valence-corrected chi connectivity index (χ3v) is 2.88. The van der Waals surface area contributed by atoms with E-state index in [-0.39, 0.29) is 0 Å². The molecular weight excluding hydrogens is 196 g/mol. The van der Waals surface area contributed by atoms with Gasteiger partial charge in [-0.3, -0.25) is 0 Å². The molecule has 1 N–H and O–H groups in total. The van der Waals surface area contributed by atoms with Crippen LogP contribution >= 0.6 is 11.6 Å². The molecule has 0 saturated heterocycles. The van der Waals surface area contributed by atoms with Gasteiger partial charge in [-0.05, 0) is 24.6 Å². The maximum absolute atomic E-state index is 6.01. The van der Waals surface area contributed by atoms with Crippen LogP contribution in [0.3, 0.4) is 0 Å². The summed E-state index contributed by atoms with van der Waals surface area (Å²) in [4.78, 5) is 2.36. The average molecular weight is 211 g/mol. The number of benzene rings is 1. The molecule has 14 heavy (non-hydrogen) atoms. The molecule has 0 aromatic heterocycles. The maximum Gasteiger partial charge on any atom is 0.0427 e. The van der Waals surface area contributed by atoms with Gasteiger partial charge in [0.05, 0.1) is 0 Å². The van der Waals surface area contributed by atoms with Crippen LogP contribution in [0, 0.1) is 0 Å². The van der Waals surface area contributed by atoms with Crippen molar-refractivity contribution in [2.45, 2.75) is 13.5 Å². The molecule has 0 atom stereocenters. The standard InChI is InChI=1S/C11H15ClN2/c1-2-14-6-5-13-8-9-3-4-10(12)7-11(9)14/h3-4,7,13H,2,5-6,8H2,1H3. The lowest BCUT2D eigenvalue weighted by Crippen LogP contribution is -2.28. The number of anilines is 1. The van der Waals surface area contributed by atoms with Gasteiger partial charge in [-0.15, -0.1) is 0 Å². The Bertz CT molecular complexity index is 325. The topological polar surface area (TPSA) is 15.3 Å². The van der Waals surface area contributed by atoms with Gasteiger partial charge in [-0.1, -0.05) is 17.7 Å². The lowest BCUT2D eigenvalue weighted by molar-refractivity contribution is 0.695. The third kappa shape index (κ3) is 1.86. The molecule has 0 radical (unpaired) electrons. The first-order valence-electron chi connectivity index (χ1n) is 5.05. The van der Waals surface area contributed by atoms with Crippen LogP contribution in [0.15, 0.2) is 18.2 Å². The van der Waals surface area contributed by atoms with E-state index in [0.717, 1.165) is 31.2 Å². The molecule has 76 valence electrons. The molecule has 1 aromatic carbocycles. The molecule has 2 rings (SSSR count). The number of hydrogen-bond donors (Lipinski definition) is 1. The summed E-state index contributed by atoms with van der Waals surface area (Å²) >= 11 is 6.01. The van der Waals surface area contributed by atoms with E-state index in [4.69, 9.17) is 11.6 Å². The molecule has 1 heterocycles. The van der Waals surface area contributed by atoms with E-state index in [1.807, 2.05) is 6.07 Å². The Kier molecular flexibility index (Phi) is 2.94. The molecule has 0 amide bonds. The van der Waals surface area contributed by atoms with Gasteiger partial charge in [0.25, 0.3) is 0 Å². The van der Waals surface area contributed by atoms with Crippen LogP contribution in [0.5, 0.6) is 0 Å². The number of hydrogen-bond acceptors (Lipinski definition) is 2. The first-order chi connectivity index (χ1) is 6.81. The Hall–Kier alpha value is -0.730. The lowest BCUT2D eigenvalue weighted by atomic mass is 10.1. The van der Waals surface area contributed by atoms with Gasteiger partial charge in [0.1, 0.15) is 0 Å². The SMILES string of the molecule is CCN1CCNCc2ccc(Cl)cc21. The summed E-state index contributed by atoms with van der Waals surface area (Å²) in [6, 6.07) is 6.13. The predicted molar refractivity (Wildman–Crippen MR) is 61.0 cm³/mol. The molecule has 0 fully saturated rings. The molecule has 0 aliphatic carbocycles. The fourth-order valence-corrected chi connectivity index (χ4v) is 2.03. The van der Waals surface area contributed by atoms with E-state index >= 15 is 0 Å². The van der Waals surface area contributed by atoms with Gasteiger partial charge >= 0.3 is 0 Å². The quantitative estimate of drug-likeness (QED) is 0.765. The van der Waals surface area contributed by atoms with Crippen LogP contribution in [-0.4, -0.2) is 19.6 Å². The number of nitrogens with one attached hydrogen (secondary N) is 1. The second-order valence-corrected chi connectivity index (χ2v) is 3.97. The highest BCUT2D eigenvalue weighted by molar-refractivity contribution is 6.30. The Morgan fingerprint density at radius 2 is 2.36 bits per heavy atom. The molecule has 3 heteroatoms. The summed E-state index contributed by atoms with van der Waals surface area (Å²) in [6.45, 7) is 6.26. The van der Waals surface area contributed by atoms with Crippen LogP contribution in [0.4, 0.5) is 5.69 Å². The van der Waals surface area contributed by atoms with Crippen LogP contribution in [0.25, 0.3) is 0 Å². The smallest absolute Gasteiger partial charge is 0.0427 e. The van der Waals surface area contributed by atoms with Crippen molar-refractivity contribution >= 4 is 17.3 Å². The zero-order valence-electron chi connectivity index (χ0n) is 8.39. The van der Waals surface area contributed by atoms with Crippen molar-refractivity contribution in [3.05, 3.63) is 28.8 Å². The largest absolute Gasteiger partial charge is 0.370 e. The molecule has 1 aliphatic heterocycles. The van der Waals surface area contributed by atoms with Crippen molar-refractivity contribution in [1.29, 1.82) is 0 Å². The molecule has 0 bridgehead atoms. The zero-order chi connectivity index (χ0) is 9.97. The summed E-state index contributed by atoms with van der Waals surface area (Å²) in [7, 11) is 0. The molecule has 1 aromatic rings. The summed E-state index contributed by atoms with van der Waals surface area (Å²) in [5, 5.41) is 4.23. The molecule has 0 spiro atoms. The molecular formula is C11H15ClN2. The first-order valence-corrected chi connectivity index (χ1v) is 5.43. The molecule has 1 aliphatic rings. The summed E-state index contributed by atoms with van der Waals surface area (Å²) in [5.41, 5.74) is 2.62. The summed E-state index contributed by atoms with van der Waals surface area (Å²) < 4.78 is 0. The second-order valence-electron chi connectivity index (χ2n) is 3.53. The normalized spacial score (nSPS) is 16.3. The van der Waals surface area contributed by atoms with Crippen molar-refractivity contribution in [3.8, 4) is 0 Å². The monoisotopic (exact) mass is 210 g/mol. The minimum Gasteiger partial charge on any atom is -0.370 e. The minimum atomic E-state index is 0.823. The van der Waals surface area contributed by atoms with E-state index in [0.29, 0.717) is 0 Å². The average Bonchev–Trinajstić information content (AvgIpc) is 2.39. The summed E-state index contributed by atoms with van der Waals surface area (Å²) in [6.07, 6.45) is 0. The maximum atomic E-state index is 6.01. The predicted octanol–water partition coefficient (Wildman–Crippen LogP) is 2.27. The fraction of sp³-hybridized carbons (Fsp3) is 0.455. The van der Waals surface area contributed by atoms with Crippen molar-refractivity contribution in [2.75, 3.05) is 24.5 Å². The van der Waals surface area contributed by atoms with Gasteiger partial charge in [0.15, 0.2) is 0 Å². The Morgan fingerprint density at radius 1 is 1.50 bits per heavy atom. The molecule has 0 unspecified atom stereocenters. The second kappa shape index (κ2) is 4.20.